The number of rotatable bonds is 6. The number of aromatic nitrogens is 5. The fraction of sp³-hybridized carbons (Fsp3) is 0.105. The molecule has 0 atom stereocenters. The fourth-order valence-electron chi connectivity index (χ4n) is 2.76. The molecular formula is C19H14FN7O3S. The largest absolute Gasteiger partial charge is 0.454 e. The average molecular weight is 439 g/mol. The number of hydrogen-bond donors (Lipinski definition) is 2. The van der Waals surface area contributed by atoms with Crippen LogP contribution < -0.4 is 20.5 Å². The Morgan fingerprint density at radius 3 is 2.71 bits per heavy atom. The molecule has 31 heavy (non-hydrogen) atoms. The van der Waals surface area contributed by atoms with Gasteiger partial charge in [-0.15, -0.1) is 10.2 Å². The Kier molecular flexibility index (Phi) is 4.96. The number of fused-ring (bicyclic) bond motifs is 1. The zero-order valence-electron chi connectivity index (χ0n) is 15.8. The minimum atomic E-state index is -0.336. The number of nitrogens with one attached hydrogen (secondary N) is 1. The molecule has 0 fully saturated rings. The average Bonchev–Trinajstić information content (AvgIpc) is 3.42. The second kappa shape index (κ2) is 8.07. The molecule has 0 radical (unpaired) electrons. The number of nitrogens with two attached hydrogens (primary N) is 1. The summed E-state index contributed by atoms with van der Waals surface area (Å²) >= 11 is 1.26. The minimum Gasteiger partial charge on any atom is -0.454 e. The van der Waals surface area contributed by atoms with Gasteiger partial charge in [0.1, 0.15) is 11.6 Å². The van der Waals surface area contributed by atoms with Crippen LogP contribution in [0, 0.1) is 5.82 Å². The molecule has 1 aliphatic heterocycles. The molecule has 156 valence electrons. The molecule has 10 nitrogen and oxygen atoms in total. The summed E-state index contributed by atoms with van der Waals surface area (Å²) < 4.78 is 29.4. The Hall–Kier alpha value is -3.93. The number of ether oxygens (including phenoxy) is 2. The molecule has 0 saturated carbocycles. The smallest absolute Gasteiger partial charge is 0.277 e. The lowest BCUT2D eigenvalue weighted by atomic mass is 10.2. The maximum absolute atomic E-state index is 13.1. The van der Waals surface area contributed by atoms with E-state index in [9.17, 15) is 4.39 Å². The van der Waals surface area contributed by atoms with E-state index in [1.165, 1.54) is 23.9 Å². The number of nitrogens with zero attached hydrogens (tertiary/aromatic N) is 5. The third kappa shape index (κ3) is 4.33. The zero-order chi connectivity index (χ0) is 21.2. The molecule has 0 bridgehead atoms. The first kappa shape index (κ1) is 19.1. The third-order valence-corrected chi connectivity index (χ3v) is 4.96. The van der Waals surface area contributed by atoms with Gasteiger partial charge in [0.2, 0.25) is 24.6 Å². The first-order valence-corrected chi connectivity index (χ1v) is 10.0. The van der Waals surface area contributed by atoms with Gasteiger partial charge in [-0.05, 0) is 42.5 Å². The molecule has 0 aliphatic carbocycles. The Bertz CT molecular complexity index is 1240. The molecule has 0 unspecified atom stereocenters. The highest BCUT2D eigenvalue weighted by Gasteiger charge is 2.17. The van der Waals surface area contributed by atoms with E-state index in [0.29, 0.717) is 39.9 Å². The summed E-state index contributed by atoms with van der Waals surface area (Å²) in [6.07, 6.45) is 0. The molecule has 1 aliphatic rings. The van der Waals surface area contributed by atoms with Gasteiger partial charge in [-0.1, -0.05) is 11.8 Å². The van der Waals surface area contributed by atoms with Gasteiger partial charge in [-0.3, -0.25) is 0 Å². The fourth-order valence-corrected chi connectivity index (χ4v) is 3.38. The summed E-state index contributed by atoms with van der Waals surface area (Å²) in [6, 6.07) is 11.2. The SMILES string of the molecule is Nc1nc(CSc2nnc(-c3ccc4c(c3)OCO4)o2)nc(Nc2ccc(F)cc2)n1. The van der Waals surface area contributed by atoms with Gasteiger partial charge in [0.25, 0.3) is 5.22 Å². The van der Waals surface area contributed by atoms with E-state index in [-0.39, 0.29) is 24.5 Å². The summed E-state index contributed by atoms with van der Waals surface area (Å²) in [7, 11) is 0. The quantitative estimate of drug-likeness (QED) is 0.428. The molecule has 3 N–H and O–H groups in total. The van der Waals surface area contributed by atoms with Crippen molar-refractivity contribution in [2.24, 2.45) is 0 Å². The summed E-state index contributed by atoms with van der Waals surface area (Å²) in [5.74, 6) is 2.38. The van der Waals surface area contributed by atoms with Crippen molar-refractivity contribution in [3.63, 3.8) is 0 Å². The lowest BCUT2D eigenvalue weighted by Crippen LogP contribution is -2.06. The van der Waals surface area contributed by atoms with Gasteiger partial charge < -0.3 is 24.9 Å². The Morgan fingerprint density at radius 1 is 1.00 bits per heavy atom. The van der Waals surface area contributed by atoms with E-state index in [4.69, 9.17) is 19.6 Å². The number of thioether (sulfide) groups is 1. The highest BCUT2D eigenvalue weighted by Crippen LogP contribution is 2.36. The van der Waals surface area contributed by atoms with Crippen LogP contribution in [0.4, 0.5) is 22.0 Å². The summed E-state index contributed by atoms with van der Waals surface area (Å²) in [5.41, 5.74) is 7.13. The maximum atomic E-state index is 13.1. The molecule has 4 aromatic rings. The standard InChI is InChI=1S/C19H14FN7O3S/c20-11-2-4-12(5-3-11)22-18-24-15(23-17(21)25-18)8-31-19-27-26-16(30-19)10-1-6-13-14(7-10)29-9-28-13/h1-7H,8-9H2,(H3,21,22,23,24,25). The highest BCUT2D eigenvalue weighted by atomic mass is 32.2. The van der Waals surface area contributed by atoms with Crippen molar-refractivity contribution >= 4 is 29.3 Å². The lowest BCUT2D eigenvalue weighted by Gasteiger charge is -2.06. The predicted octanol–water partition coefficient (Wildman–Crippen LogP) is 3.41. The first-order chi connectivity index (χ1) is 15.1. The van der Waals surface area contributed by atoms with Gasteiger partial charge in [0.05, 0.1) is 5.75 Å². The molecule has 2 aromatic carbocycles. The van der Waals surface area contributed by atoms with Crippen LogP contribution in [0.3, 0.4) is 0 Å². The lowest BCUT2D eigenvalue weighted by molar-refractivity contribution is 0.174. The molecule has 5 rings (SSSR count). The number of hydrogen-bond acceptors (Lipinski definition) is 11. The summed E-state index contributed by atoms with van der Waals surface area (Å²) in [4.78, 5) is 12.5. The predicted molar refractivity (Wildman–Crippen MR) is 109 cm³/mol. The number of halogens is 1. The van der Waals surface area contributed by atoms with Gasteiger partial charge in [0, 0.05) is 11.3 Å². The topological polar surface area (TPSA) is 134 Å². The van der Waals surface area contributed by atoms with E-state index in [2.05, 4.69) is 30.5 Å². The van der Waals surface area contributed by atoms with Crippen molar-refractivity contribution in [3.8, 4) is 23.0 Å². The van der Waals surface area contributed by atoms with Gasteiger partial charge >= 0.3 is 0 Å². The second-order valence-corrected chi connectivity index (χ2v) is 7.22. The Morgan fingerprint density at radius 2 is 1.84 bits per heavy atom. The van der Waals surface area contributed by atoms with E-state index in [1.807, 2.05) is 6.07 Å². The van der Waals surface area contributed by atoms with E-state index < -0.39 is 0 Å². The molecule has 0 amide bonds. The van der Waals surface area contributed by atoms with Crippen LogP contribution in [0.25, 0.3) is 11.5 Å². The molecular weight excluding hydrogens is 425 g/mol. The van der Waals surface area contributed by atoms with Crippen LogP contribution in [-0.2, 0) is 5.75 Å². The molecule has 0 spiro atoms. The van der Waals surface area contributed by atoms with Gasteiger partial charge in [-0.2, -0.15) is 15.0 Å². The number of anilines is 3. The van der Waals surface area contributed by atoms with E-state index in [1.54, 1.807) is 24.3 Å². The van der Waals surface area contributed by atoms with Crippen LogP contribution in [0.1, 0.15) is 5.82 Å². The Labute approximate surface area is 179 Å². The van der Waals surface area contributed by atoms with Gasteiger partial charge in [-0.25, -0.2) is 4.39 Å². The monoisotopic (exact) mass is 439 g/mol. The summed E-state index contributed by atoms with van der Waals surface area (Å²) in [6.45, 7) is 0.191. The Balaban J connectivity index is 1.27. The van der Waals surface area contributed by atoms with Crippen LogP contribution in [-0.4, -0.2) is 31.9 Å². The minimum absolute atomic E-state index is 0.0572. The van der Waals surface area contributed by atoms with Crippen molar-refractivity contribution in [2.45, 2.75) is 11.0 Å². The molecule has 3 heterocycles. The molecule has 0 saturated heterocycles. The van der Waals surface area contributed by atoms with Crippen molar-refractivity contribution in [3.05, 3.63) is 54.1 Å². The first-order valence-electron chi connectivity index (χ1n) is 9.02. The molecule has 2 aromatic heterocycles. The highest BCUT2D eigenvalue weighted by molar-refractivity contribution is 7.98. The van der Waals surface area contributed by atoms with Crippen molar-refractivity contribution in [1.29, 1.82) is 0 Å². The van der Waals surface area contributed by atoms with Crippen LogP contribution in [0.5, 0.6) is 11.5 Å². The third-order valence-electron chi connectivity index (χ3n) is 4.15. The van der Waals surface area contributed by atoms with Gasteiger partial charge in [0.15, 0.2) is 11.5 Å². The van der Waals surface area contributed by atoms with Crippen LogP contribution >= 0.6 is 11.8 Å². The maximum Gasteiger partial charge on any atom is 0.277 e. The second-order valence-electron chi connectivity index (χ2n) is 6.30. The number of nitrogen functional groups attached to an aromatic ring is 1. The summed E-state index contributed by atoms with van der Waals surface area (Å²) in [5, 5.41) is 11.4. The van der Waals surface area contributed by atoms with Crippen LogP contribution in [0.2, 0.25) is 0 Å². The number of benzene rings is 2. The van der Waals surface area contributed by atoms with E-state index >= 15 is 0 Å². The van der Waals surface area contributed by atoms with E-state index in [0.717, 1.165) is 5.56 Å². The zero-order valence-corrected chi connectivity index (χ0v) is 16.6. The van der Waals surface area contributed by atoms with Crippen molar-refractivity contribution in [1.82, 2.24) is 25.1 Å². The normalized spacial score (nSPS) is 12.2. The van der Waals surface area contributed by atoms with Crippen molar-refractivity contribution < 1.29 is 18.3 Å². The molecule has 12 heteroatoms. The van der Waals surface area contributed by atoms with Crippen molar-refractivity contribution in [2.75, 3.05) is 17.8 Å². The van der Waals surface area contributed by atoms with Crippen LogP contribution in [0.15, 0.2) is 52.1 Å².